The van der Waals surface area contributed by atoms with Crippen molar-refractivity contribution < 1.29 is 14.3 Å². The lowest BCUT2D eigenvalue weighted by atomic mass is 9.86. The van der Waals surface area contributed by atoms with Gasteiger partial charge < -0.3 is 10.1 Å². The van der Waals surface area contributed by atoms with Crippen LogP contribution in [-0.4, -0.2) is 18.5 Å². The molecule has 0 radical (unpaired) electrons. The zero-order chi connectivity index (χ0) is 15.5. The number of amides is 1. The molecule has 118 valence electrons. The first-order chi connectivity index (χ1) is 10.7. The quantitative estimate of drug-likeness (QED) is 0.845. The van der Waals surface area contributed by atoms with Crippen molar-refractivity contribution in [1.82, 2.24) is 0 Å². The van der Waals surface area contributed by atoms with Gasteiger partial charge in [-0.15, -0.1) is 0 Å². The summed E-state index contributed by atoms with van der Waals surface area (Å²) < 4.78 is 5.03. The van der Waals surface area contributed by atoms with Crippen molar-refractivity contribution in [1.29, 1.82) is 0 Å². The molecule has 3 rings (SSSR count). The summed E-state index contributed by atoms with van der Waals surface area (Å²) in [5.74, 6) is 1.71. The zero-order valence-corrected chi connectivity index (χ0v) is 13.0. The first kappa shape index (κ1) is 15.1. The van der Waals surface area contributed by atoms with E-state index in [9.17, 15) is 9.59 Å². The number of nitrogens with one attached hydrogen (secondary N) is 1. The first-order valence-corrected chi connectivity index (χ1v) is 8.23. The lowest BCUT2D eigenvalue weighted by molar-refractivity contribution is -0.117. The number of ether oxygens (including phenoxy) is 1. The van der Waals surface area contributed by atoms with Gasteiger partial charge in [0, 0.05) is 6.42 Å². The Bertz CT molecular complexity index is 569. The largest absolute Gasteiger partial charge is 0.462 e. The van der Waals surface area contributed by atoms with E-state index in [0.29, 0.717) is 30.2 Å². The topological polar surface area (TPSA) is 55.4 Å². The highest BCUT2D eigenvalue weighted by molar-refractivity contribution is 6.01. The molecule has 2 saturated carbocycles. The zero-order valence-electron chi connectivity index (χ0n) is 13.0. The highest BCUT2D eigenvalue weighted by Gasteiger charge is 2.40. The van der Waals surface area contributed by atoms with Gasteiger partial charge in [0.25, 0.3) is 0 Å². The van der Waals surface area contributed by atoms with Crippen LogP contribution in [0.3, 0.4) is 0 Å². The van der Waals surface area contributed by atoms with Gasteiger partial charge in [-0.25, -0.2) is 4.79 Å². The van der Waals surface area contributed by atoms with Gasteiger partial charge in [-0.05, 0) is 56.1 Å². The predicted molar refractivity (Wildman–Crippen MR) is 84.6 cm³/mol. The van der Waals surface area contributed by atoms with Crippen molar-refractivity contribution in [2.45, 2.75) is 39.0 Å². The van der Waals surface area contributed by atoms with E-state index in [4.69, 9.17) is 4.74 Å². The van der Waals surface area contributed by atoms with Crippen molar-refractivity contribution in [3.05, 3.63) is 29.8 Å². The molecule has 3 atom stereocenters. The van der Waals surface area contributed by atoms with Gasteiger partial charge in [0.15, 0.2) is 0 Å². The van der Waals surface area contributed by atoms with E-state index in [1.165, 1.54) is 25.7 Å². The standard InChI is InChI=1S/C18H23NO3/c1-2-22-18(21)15-5-3-4-6-16(15)19-17(20)11-14-10-12-7-8-13(14)9-12/h3-6,12-14H,2,7-11H2,1H3,(H,19,20)/t12-,13-,14+/m1/s1. The van der Waals surface area contributed by atoms with Gasteiger partial charge in [-0.3, -0.25) is 4.79 Å². The molecule has 4 heteroatoms. The molecule has 1 N–H and O–H groups in total. The summed E-state index contributed by atoms with van der Waals surface area (Å²) in [5.41, 5.74) is 0.972. The molecule has 0 unspecified atom stereocenters. The molecule has 22 heavy (non-hydrogen) atoms. The van der Waals surface area contributed by atoms with Crippen molar-refractivity contribution in [3.8, 4) is 0 Å². The summed E-state index contributed by atoms with van der Waals surface area (Å²) in [7, 11) is 0. The van der Waals surface area contributed by atoms with Crippen molar-refractivity contribution in [2.24, 2.45) is 17.8 Å². The van der Waals surface area contributed by atoms with Crippen LogP contribution in [0.1, 0.15) is 49.4 Å². The van der Waals surface area contributed by atoms with Gasteiger partial charge in [-0.2, -0.15) is 0 Å². The number of esters is 1. The lowest BCUT2D eigenvalue weighted by Gasteiger charge is -2.21. The molecule has 2 aliphatic rings. The Morgan fingerprint density at radius 3 is 2.73 bits per heavy atom. The fourth-order valence-corrected chi connectivity index (χ4v) is 4.04. The predicted octanol–water partition coefficient (Wildman–Crippen LogP) is 3.63. The smallest absolute Gasteiger partial charge is 0.340 e. The summed E-state index contributed by atoms with van der Waals surface area (Å²) in [6.45, 7) is 2.10. The maximum Gasteiger partial charge on any atom is 0.340 e. The number of hydrogen-bond acceptors (Lipinski definition) is 3. The number of hydrogen-bond donors (Lipinski definition) is 1. The maximum absolute atomic E-state index is 12.3. The molecule has 0 saturated heterocycles. The van der Waals surface area contributed by atoms with Gasteiger partial charge >= 0.3 is 5.97 Å². The molecular weight excluding hydrogens is 278 g/mol. The minimum atomic E-state index is -0.390. The summed E-state index contributed by atoms with van der Waals surface area (Å²) in [4.78, 5) is 24.2. The van der Waals surface area contributed by atoms with Crippen LogP contribution in [-0.2, 0) is 9.53 Å². The Labute approximate surface area is 131 Å². The van der Waals surface area contributed by atoms with Gasteiger partial charge in [-0.1, -0.05) is 18.6 Å². The van der Waals surface area contributed by atoms with Crippen LogP contribution >= 0.6 is 0 Å². The Balaban J connectivity index is 1.63. The minimum Gasteiger partial charge on any atom is -0.462 e. The van der Waals surface area contributed by atoms with Crippen LogP contribution in [0.5, 0.6) is 0 Å². The average molecular weight is 301 g/mol. The van der Waals surface area contributed by atoms with Gasteiger partial charge in [0.2, 0.25) is 5.91 Å². The van der Waals surface area contributed by atoms with Gasteiger partial charge in [0.05, 0.1) is 17.9 Å². The SMILES string of the molecule is CCOC(=O)c1ccccc1NC(=O)C[C@@H]1C[C@@H]2CC[C@@H]1C2. The van der Waals surface area contributed by atoms with E-state index < -0.39 is 5.97 Å². The molecule has 2 bridgehead atoms. The van der Waals surface area contributed by atoms with Crippen LogP contribution < -0.4 is 5.32 Å². The van der Waals surface area contributed by atoms with E-state index >= 15 is 0 Å². The second-order valence-electron chi connectivity index (χ2n) is 6.45. The van der Waals surface area contributed by atoms with Crippen LogP contribution in [0.2, 0.25) is 0 Å². The molecular formula is C18H23NO3. The number of carbonyl (C=O) groups is 2. The van der Waals surface area contributed by atoms with Crippen molar-refractivity contribution in [2.75, 3.05) is 11.9 Å². The Morgan fingerprint density at radius 1 is 1.23 bits per heavy atom. The molecule has 0 aliphatic heterocycles. The average Bonchev–Trinajstić information content (AvgIpc) is 3.10. The minimum absolute atomic E-state index is 0.00861. The highest BCUT2D eigenvalue weighted by Crippen LogP contribution is 2.49. The summed E-state index contributed by atoms with van der Waals surface area (Å²) in [6.07, 6.45) is 5.68. The van der Waals surface area contributed by atoms with E-state index in [2.05, 4.69) is 5.32 Å². The monoisotopic (exact) mass is 301 g/mol. The van der Waals surface area contributed by atoms with Crippen LogP contribution in [0.15, 0.2) is 24.3 Å². The normalized spacial score (nSPS) is 26.0. The van der Waals surface area contributed by atoms with E-state index in [1.807, 2.05) is 6.07 Å². The second-order valence-corrected chi connectivity index (χ2v) is 6.45. The molecule has 0 spiro atoms. The fourth-order valence-electron chi connectivity index (χ4n) is 4.04. The van der Waals surface area contributed by atoms with Gasteiger partial charge in [0.1, 0.15) is 0 Å². The Morgan fingerprint density at radius 2 is 2.05 bits per heavy atom. The number of rotatable bonds is 5. The molecule has 0 heterocycles. The van der Waals surface area contributed by atoms with Crippen molar-refractivity contribution in [3.63, 3.8) is 0 Å². The van der Waals surface area contributed by atoms with Crippen LogP contribution in [0.4, 0.5) is 5.69 Å². The third kappa shape index (κ3) is 3.16. The lowest BCUT2D eigenvalue weighted by Crippen LogP contribution is -2.21. The molecule has 1 aromatic rings. The molecule has 0 aromatic heterocycles. The highest BCUT2D eigenvalue weighted by atomic mass is 16.5. The molecule has 4 nitrogen and oxygen atoms in total. The number of fused-ring (bicyclic) bond motifs is 2. The first-order valence-electron chi connectivity index (χ1n) is 8.23. The molecule has 2 aliphatic carbocycles. The number of benzene rings is 1. The summed E-state index contributed by atoms with van der Waals surface area (Å²) >= 11 is 0. The second kappa shape index (κ2) is 6.51. The van der Waals surface area contributed by atoms with E-state index in [1.54, 1.807) is 25.1 Å². The third-order valence-corrected chi connectivity index (χ3v) is 5.03. The molecule has 1 aromatic carbocycles. The number of para-hydroxylation sites is 1. The number of anilines is 1. The maximum atomic E-state index is 12.3. The number of carbonyl (C=O) groups excluding carboxylic acids is 2. The van der Waals surface area contributed by atoms with E-state index in [-0.39, 0.29) is 5.91 Å². The summed E-state index contributed by atoms with van der Waals surface area (Å²) in [6, 6.07) is 7.03. The summed E-state index contributed by atoms with van der Waals surface area (Å²) in [5, 5.41) is 2.90. The Kier molecular flexibility index (Phi) is 4.46. The van der Waals surface area contributed by atoms with Crippen LogP contribution in [0, 0.1) is 17.8 Å². The Hall–Kier alpha value is -1.84. The van der Waals surface area contributed by atoms with Crippen LogP contribution in [0.25, 0.3) is 0 Å². The fraction of sp³-hybridized carbons (Fsp3) is 0.556. The molecule has 2 fully saturated rings. The third-order valence-electron chi connectivity index (χ3n) is 5.03. The van der Waals surface area contributed by atoms with Crippen molar-refractivity contribution >= 4 is 17.6 Å². The molecule has 1 amide bonds. The van der Waals surface area contributed by atoms with E-state index in [0.717, 1.165) is 11.8 Å².